The van der Waals surface area contributed by atoms with Gasteiger partial charge in [0, 0.05) is 11.6 Å². The highest BCUT2D eigenvalue weighted by atomic mass is 16.6. The van der Waals surface area contributed by atoms with Crippen LogP contribution in [0.3, 0.4) is 0 Å². The third-order valence-corrected chi connectivity index (χ3v) is 2.74. The predicted molar refractivity (Wildman–Crippen MR) is 77.2 cm³/mol. The Morgan fingerprint density at radius 3 is 2.75 bits per heavy atom. The summed E-state index contributed by atoms with van der Waals surface area (Å²) in [6.45, 7) is 1.95. The highest BCUT2D eigenvalue weighted by Gasteiger charge is 2.12. The molecule has 0 unspecified atom stereocenters. The van der Waals surface area contributed by atoms with Crippen molar-refractivity contribution in [3.8, 4) is 5.75 Å². The summed E-state index contributed by atoms with van der Waals surface area (Å²) in [5.41, 5.74) is 4.94. The van der Waals surface area contributed by atoms with Gasteiger partial charge in [-0.2, -0.15) is 5.10 Å². The third-order valence-electron chi connectivity index (χ3n) is 2.74. The molecule has 0 aliphatic rings. The van der Waals surface area contributed by atoms with Gasteiger partial charge < -0.3 is 5.11 Å². The fourth-order valence-corrected chi connectivity index (χ4v) is 1.64. The molecule has 0 fully saturated rings. The Bertz CT molecular complexity index is 668. The molecule has 0 aliphatic heterocycles. The molecule has 20 heavy (non-hydrogen) atoms. The molecule has 0 saturated heterocycles. The van der Waals surface area contributed by atoms with Gasteiger partial charge in [-0.3, -0.25) is 15.5 Å². The molecule has 0 heterocycles. The summed E-state index contributed by atoms with van der Waals surface area (Å²) in [6, 6.07) is 11.7. The van der Waals surface area contributed by atoms with Gasteiger partial charge >= 0.3 is 5.69 Å². The molecule has 0 radical (unpaired) electrons. The molecule has 2 rings (SSSR count). The number of aryl methyl sites for hydroxylation is 1. The zero-order valence-electron chi connectivity index (χ0n) is 10.8. The van der Waals surface area contributed by atoms with E-state index in [2.05, 4.69) is 10.5 Å². The lowest BCUT2D eigenvalue weighted by molar-refractivity contribution is -0.385. The molecule has 0 amide bonds. The van der Waals surface area contributed by atoms with Gasteiger partial charge in [-0.15, -0.1) is 0 Å². The lowest BCUT2D eigenvalue weighted by Gasteiger charge is -2.03. The molecule has 0 atom stereocenters. The minimum absolute atomic E-state index is 0.343. The van der Waals surface area contributed by atoms with Crippen molar-refractivity contribution >= 4 is 17.6 Å². The predicted octanol–water partition coefficient (Wildman–Crippen LogP) is 3.05. The topological polar surface area (TPSA) is 87.8 Å². The van der Waals surface area contributed by atoms with Gasteiger partial charge in [0.15, 0.2) is 5.75 Å². The van der Waals surface area contributed by atoms with E-state index in [0.717, 1.165) is 11.3 Å². The number of aromatic hydroxyl groups is 1. The van der Waals surface area contributed by atoms with Crippen molar-refractivity contribution in [2.45, 2.75) is 6.92 Å². The van der Waals surface area contributed by atoms with E-state index in [1.165, 1.54) is 18.3 Å². The van der Waals surface area contributed by atoms with E-state index < -0.39 is 4.92 Å². The molecule has 0 saturated carbocycles. The first kappa shape index (κ1) is 13.5. The van der Waals surface area contributed by atoms with E-state index in [-0.39, 0.29) is 11.4 Å². The van der Waals surface area contributed by atoms with Gasteiger partial charge in [0.25, 0.3) is 0 Å². The highest BCUT2D eigenvalue weighted by Crippen LogP contribution is 2.25. The Hall–Kier alpha value is -2.89. The molecule has 0 bridgehead atoms. The van der Waals surface area contributed by atoms with E-state index in [9.17, 15) is 15.2 Å². The number of hydrogen-bond acceptors (Lipinski definition) is 5. The number of benzene rings is 2. The summed E-state index contributed by atoms with van der Waals surface area (Å²) in [7, 11) is 0. The van der Waals surface area contributed by atoms with Gasteiger partial charge in [0.1, 0.15) is 0 Å². The molecule has 2 N–H and O–H groups in total. The number of nitro groups is 1. The van der Waals surface area contributed by atoms with E-state index in [1.54, 1.807) is 6.07 Å². The Labute approximate surface area is 115 Å². The summed E-state index contributed by atoms with van der Waals surface area (Å²) in [4.78, 5) is 10.1. The first-order chi connectivity index (χ1) is 9.58. The second-order valence-corrected chi connectivity index (χ2v) is 4.19. The minimum atomic E-state index is -0.637. The normalized spacial score (nSPS) is 10.7. The van der Waals surface area contributed by atoms with Gasteiger partial charge in [-0.1, -0.05) is 18.2 Å². The zero-order valence-corrected chi connectivity index (χ0v) is 10.8. The fraction of sp³-hybridized carbons (Fsp3) is 0.0714. The highest BCUT2D eigenvalue weighted by molar-refractivity contribution is 5.82. The first-order valence-corrected chi connectivity index (χ1v) is 5.90. The maximum atomic E-state index is 10.7. The number of para-hydroxylation sites is 1. The number of rotatable bonds is 4. The van der Waals surface area contributed by atoms with Crippen molar-refractivity contribution < 1.29 is 10.0 Å². The quantitative estimate of drug-likeness (QED) is 0.508. The third kappa shape index (κ3) is 3.11. The molecule has 102 valence electrons. The zero-order chi connectivity index (χ0) is 14.5. The van der Waals surface area contributed by atoms with E-state index in [1.807, 2.05) is 31.2 Å². The number of nitrogens with zero attached hydrogens (tertiary/aromatic N) is 2. The van der Waals surface area contributed by atoms with Gasteiger partial charge in [0.05, 0.1) is 16.8 Å². The van der Waals surface area contributed by atoms with Crippen LogP contribution in [0.25, 0.3) is 0 Å². The average molecular weight is 271 g/mol. The van der Waals surface area contributed by atoms with Crippen LogP contribution in [0.15, 0.2) is 47.6 Å². The van der Waals surface area contributed by atoms with Crippen LogP contribution < -0.4 is 5.43 Å². The van der Waals surface area contributed by atoms with Gasteiger partial charge in [-0.25, -0.2) is 0 Å². The SMILES string of the molecule is Cc1ccccc1N/N=C/c1ccc(O)c([N+](=O)[O-])c1. The number of nitrogens with one attached hydrogen (secondary N) is 1. The average Bonchev–Trinajstić information content (AvgIpc) is 2.42. The molecule has 0 aromatic heterocycles. The fourth-order valence-electron chi connectivity index (χ4n) is 1.64. The lowest BCUT2D eigenvalue weighted by Crippen LogP contribution is -1.94. The van der Waals surface area contributed by atoms with E-state index in [4.69, 9.17) is 0 Å². The molecule has 2 aromatic carbocycles. The number of phenols is 1. The van der Waals surface area contributed by atoms with Crippen molar-refractivity contribution in [3.63, 3.8) is 0 Å². The number of hydrogen-bond donors (Lipinski definition) is 2. The summed E-state index contributed by atoms with van der Waals surface area (Å²) in [5, 5.41) is 24.1. The van der Waals surface area contributed by atoms with Crippen molar-refractivity contribution in [1.82, 2.24) is 0 Å². The van der Waals surface area contributed by atoms with Gasteiger partial charge in [0.2, 0.25) is 0 Å². The summed E-state index contributed by atoms with van der Waals surface area (Å²) >= 11 is 0. The Kier molecular flexibility index (Phi) is 3.95. The van der Waals surface area contributed by atoms with E-state index >= 15 is 0 Å². The van der Waals surface area contributed by atoms with Crippen LogP contribution in [0.2, 0.25) is 0 Å². The summed E-state index contributed by atoms with van der Waals surface area (Å²) < 4.78 is 0. The minimum Gasteiger partial charge on any atom is -0.502 e. The largest absolute Gasteiger partial charge is 0.502 e. The molecule has 6 nitrogen and oxygen atoms in total. The second kappa shape index (κ2) is 5.83. The number of nitro benzene ring substituents is 1. The van der Waals surface area contributed by atoms with Crippen LogP contribution in [-0.2, 0) is 0 Å². The second-order valence-electron chi connectivity index (χ2n) is 4.19. The summed E-state index contributed by atoms with van der Waals surface area (Å²) in [5.74, 6) is -0.362. The molecule has 6 heteroatoms. The summed E-state index contributed by atoms with van der Waals surface area (Å²) in [6.07, 6.45) is 1.46. The van der Waals surface area contributed by atoms with Crippen LogP contribution in [0, 0.1) is 17.0 Å². The van der Waals surface area contributed by atoms with Crippen LogP contribution >= 0.6 is 0 Å². The number of phenolic OH excluding ortho intramolecular Hbond substituents is 1. The molecule has 0 spiro atoms. The van der Waals surface area contributed by atoms with Crippen molar-refractivity contribution in [3.05, 3.63) is 63.7 Å². The lowest BCUT2D eigenvalue weighted by atomic mass is 10.2. The number of anilines is 1. The molecular formula is C14H13N3O3. The first-order valence-electron chi connectivity index (χ1n) is 5.90. The molecule has 0 aliphatic carbocycles. The van der Waals surface area contributed by atoms with Crippen molar-refractivity contribution in [2.75, 3.05) is 5.43 Å². The molecular weight excluding hydrogens is 258 g/mol. The Morgan fingerprint density at radius 1 is 1.30 bits per heavy atom. The monoisotopic (exact) mass is 271 g/mol. The standard InChI is InChI=1S/C14H13N3O3/c1-10-4-2-3-5-12(10)16-15-9-11-6-7-14(18)13(8-11)17(19)20/h2-9,16,18H,1H3/b15-9+. The van der Waals surface area contributed by atoms with Crippen LogP contribution in [0.1, 0.15) is 11.1 Å². The van der Waals surface area contributed by atoms with Gasteiger partial charge in [-0.05, 0) is 30.7 Å². The van der Waals surface area contributed by atoms with Crippen LogP contribution in [0.5, 0.6) is 5.75 Å². The molecule has 2 aromatic rings. The van der Waals surface area contributed by atoms with E-state index in [0.29, 0.717) is 5.56 Å². The smallest absolute Gasteiger partial charge is 0.311 e. The van der Waals surface area contributed by atoms with Crippen molar-refractivity contribution in [1.29, 1.82) is 0 Å². The maximum Gasteiger partial charge on any atom is 0.311 e. The Balaban J connectivity index is 2.14. The maximum absolute atomic E-state index is 10.7. The van der Waals surface area contributed by atoms with Crippen LogP contribution in [-0.4, -0.2) is 16.2 Å². The van der Waals surface area contributed by atoms with Crippen molar-refractivity contribution in [2.24, 2.45) is 5.10 Å². The number of hydrazone groups is 1. The Morgan fingerprint density at radius 2 is 2.05 bits per heavy atom. The van der Waals surface area contributed by atoms with Crippen LogP contribution in [0.4, 0.5) is 11.4 Å².